The van der Waals surface area contributed by atoms with Crippen LogP contribution in [-0.4, -0.2) is 14.8 Å². The Hall–Kier alpha value is -1.35. The summed E-state index contributed by atoms with van der Waals surface area (Å²) in [6.45, 7) is 6.51. The first kappa shape index (κ1) is 13.1. The number of halogens is 1. The van der Waals surface area contributed by atoms with E-state index in [9.17, 15) is 0 Å². The highest BCUT2D eigenvalue weighted by molar-refractivity contribution is 6.16. The van der Waals surface area contributed by atoms with Crippen LogP contribution in [0.2, 0.25) is 0 Å². The van der Waals surface area contributed by atoms with Gasteiger partial charge in [0, 0.05) is 11.1 Å². The molecule has 0 saturated carbocycles. The van der Waals surface area contributed by atoms with E-state index in [-0.39, 0.29) is 5.41 Å². The summed E-state index contributed by atoms with van der Waals surface area (Å²) < 4.78 is 2.07. The Balaban J connectivity index is 2.61. The minimum atomic E-state index is -0.0207. The lowest BCUT2D eigenvalue weighted by atomic mass is 9.89. The van der Waals surface area contributed by atoms with Gasteiger partial charge in [0.25, 0.3) is 0 Å². The molecule has 0 radical (unpaired) electrons. The number of hydrogen-bond donors (Lipinski definition) is 0. The molecule has 2 aromatic rings. The van der Waals surface area contributed by atoms with Crippen molar-refractivity contribution in [2.75, 3.05) is 0 Å². The number of nitrogens with zero attached hydrogens (tertiary/aromatic N) is 3. The van der Waals surface area contributed by atoms with E-state index in [1.165, 1.54) is 0 Å². The molecule has 2 rings (SSSR count). The molecule has 0 aliphatic heterocycles. The van der Waals surface area contributed by atoms with Crippen LogP contribution in [0.1, 0.15) is 38.8 Å². The molecule has 0 saturated heterocycles. The van der Waals surface area contributed by atoms with Crippen molar-refractivity contribution < 1.29 is 0 Å². The number of aromatic nitrogens is 3. The monoisotopic (exact) mass is 263 g/mol. The Morgan fingerprint density at radius 3 is 2.39 bits per heavy atom. The van der Waals surface area contributed by atoms with Gasteiger partial charge in [0.15, 0.2) is 5.82 Å². The first-order valence-corrected chi connectivity index (χ1v) is 6.69. The number of para-hydroxylation sites is 1. The second kappa shape index (κ2) is 5.11. The predicted octanol–water partition coefficient (Wildman–Crippen LogP) is 3.69. The van der Waals surface area contributed by atoms with Crippen LogP contribution in [0.4, 0.5) is 0 Å². The smallest absolute Gasteiger partial charge is 0.152 e. The minimum absolute atomic E-state index is 0.0207. The highest BCUT2D eigenvalue weighted by Crippen LogP contribution is 2.28. The highest BCUT2D eigenvalue weighted by Gasteiger charge is 2.27. The maximum absolute atomic E-state index is 5.97. The predicted molar refractivity (Wildman–Crippen MR) is 74.2 cm³/mol. The van der Waals surface area contributed by atoms with Crippen molar-refractivity contribution in [2.45, 2.75) is 38.5 Å². The molecule has 1 aromatic heterocycles. The van der Waals surface area contributed by atoms with Crippen molar-refractivity contribution >= 4 is 11.6 Å². The standard InChI is InChI=1S/C14H18ClN3/c1-4-14(2,3)13-17-16-12(10-15)18(13)11-8-6-5-7-9-11/h5-9H,4,10H2,1-3H3. The molecular weight excluding hydrogens is 246 g/mol. The molecule has 0 aliphatic rings. The van der Waals surface area contributed by atoms with Crippen molar-refractivity contribution in [3.8, 4) is 5.69 Å². The minimum Gasteiger partial charge on any atom is -0.282 e. The number of rotatable bonds is 4. The lowest BCUT2D eigenvalue weighted by Crippen LogP contribution is -2.22. The van der Waals surface area contributed by atoms with E-state index in [2.05, 4.69) is 47.7 Å². The van der Waals surface area contributed by atoms with E-state index in [0.717, 1.165) is 23.8 Å². The summed E-state index contributed by atoms with van der Waals surface area (Å²) in [5.41, 5.74) is 1.04. The zero-order chi connectivity index (χ0) is 13.2. The van der Waals surface area contributed by atoms with Gasteiger partial charge in [-0.15, -0.1) is 21.8 Å². The SMILES string of the molecule is CCC(C)(C)c1nnc(CCl)n1-c1ccccc1. The number of benzene rings is 1. The highest BCUT2D eigenvalue weighted by atomic mass is 35.5. The van der Waals surface area contributed by atoms with Gasteiger partial charge in [0.1, 0.15) is 5.82 Å². The summed E-state index contributed by atoms with van der Waals surface area (Å²) in [5.74, 6) is 2.12. The van der Waals surface area contributed by atoms with E-state index in [1.807, 2.05) is 18.2 Å². The molecule has 0 atom stereocenters. The van der Waals surface area contributed by atoms with Crippen LogP contribution >= 0.6 is 11.6 Å². The molecule has 0 spiro atoms. The fourth-order valence-corrected chi connectivity index (χ4v) is 2.02. The van der Waals surface area contributed by atoms with E-state index < -0.39 is 0 Å². The van der Waals surface area contributed by atoms with Crippen molar-refractivity contribution in [1.82, 2.24) is 14.8 Å². The summed E-state index contributed by atoms with van der Waals surface area (Å²) in [4.78, 5) is 0. The van der Waals surface area contributed by atoms with Crippen LogP contribution in [0.25, 0.3) is 5.69 Å². The third-order valence-electron chi connectivity index (χ3n) is 3.35. The Morgan fingerprint density at radius 2 is 1.83 bits per heavy atom. The van der Waals surface area contributed by atoms with Crippen LogP contribution in [-0.2, 0) is 11.3 Å². The van der Waals surface area contributed by atoms with Gasteiger partial charge in [-0.3, -0.25) is 4.57 Å². The largest absolute Gasteiger partial charge is 0.282 e. The van der Waals surface area contributed by atoms with Crippen molar-refractivity contribution in [1.29, 1.82) is 0 Å². The Morgan fingerprint density at radius 1 is 1.17 bits per heavy atom. The molecule has 0 unspecified atom stereocenters. The van der Waals surface area contributed by atoms with Crippen LogP contribution in [0.3, 0.4) is 0 Å². The van der Waals surface area contributed by atoms with E-state index in [4.69, 9.17) is 11.6 Å². The molecule has 0 fully saturated rings. The van der Waals surface area contributed by atoms with Crippen LogP contribution in [0.15, 0.2) is 30.3 Å². The topological polar surface area (TPSA) is 30.7 Å². The summed E-state index contributed by atoms with van der Waals surface area (Å²) in [6.07, 6.45) is 1.00. The lowest BCUT2D eigenvalue weighted by Gasteiger charge is -2.23. The molecule has 1 heterocycles. The van der Waals surface area contributed by atoms with Crippen LogP contribution in [0.5, 0.6) is 0 Å². The molecule has 96 valence electrons. The Labute approximate surface area is 113 Å². The van der Waals surface area contributed by atoms with Gasteiger partial charge in [0.05, 0.1) is 5.88 Å². The van der Waals surface area contributed by atoms with Crippen molar-refractivity contribution in [2.24, 2.45) is 0 Å². The molecule has 0 amide bonds. The molecule has 18 heavy (non-hydrogen) atoms. The third-order valence-corrected chi connectivity index (χ3v) is 3.59. The average Bonchev–Trinajstić information content (AvgIpc) is 2.84. The zero-order valence-corrected chi connectivity index (χ0v) is 11.8. The fraction of sp³-hybridized carbons (Fsp3) is 0.429. The maximum atomic E-state index is 5.97. The first-order chi connectivity index (χ1) is 8.60. The van der Waals surface area contributed by atoms with Crippen molar-refractivity contribution in [3.63, 3.8) is 0 Å². The first-order valence-electron chi connectivity index (χ1n) is 6.16. The number of hydrogen-bond acceptors (Lipinski definition) is 2. The summed E-state index contributed by atoms with van der Waals surface area (Å²) in [5, 5.41) is 8.54. The van der Waals surface area contributed by atoms with Gasteiger partial charge in [0.2, 0.25) is 0 Å². The van der Waals surface area contributed by atoms with E-state index >= 15 is 0 Å². The van der Waals surface area contributed by atoms with Gasteiger partial charge >= 0.3 is 0 Å². The van der Waals surface area contributed by atoms with E-state index in [1.54, 1.807) is 0 Å². The Bertz CT molecular complexity index is 517. The summed E-state index contributed by atoms with van der Waals surface area (Å²) in [6, 6.07) is 10.1. The van der Waals surface area contributed by atoms with Crippen LogP contribution in [0, 0.1) is 0 Å². The Kier molecular flexibility index (Phi) is 3.71. The summed E-state index contributed by atoms with van der Waals surface area (Å²) >= 11 is 5.97. The normalized spacial score (nSPS) is 11.8. The van der Waals surface area contributed by atoms with Gasteiger partial charge in [-0.25, -0.2) is 0 Å². The van der Waals surface area contributed by atoms with Gasteiger partial charge < -0.3 is 0 Å². The average molecular weight is 264 g/mol. The van der Waals surface area contributed by atoms with Gasteiger partial charge in [-0.05, 0) is 18.6 Å². The lowest BCUT2D eigenvalue weighted by molar-refractivity contribution is 0.463. The molecule has 1 aromatic carbocycles. The van der Waals surface area contributed by atoms with Gasteiger partial charge in [-0.2, -0.15) is 0 Å². The second-order valence-electron chi connectivity index (χ2n) is 4.98. The maximum Gasteiger partial charge on any atom is 0.152 e. The van der Waals surface area contributed by atoms with Gasteiger partial charge in [-0.1, -0.05) is 39.0 Å². The molecule has 4 heteroatoms. The molecule has 0 aliphatic carbocycles. The van der Waals surface area contributed by atoms with E-state index in [0.29, 0.717) is 5.88 Å². The molecule has 0 bridgehead atoms. The third kappa shape index (κ3) is 2.27. The summed E-state index contributed by atoms with van der Waals surface area (Å²) in [7, 11) is 0. The molecule has 3 nitrogen and oxygen atoms in total. The number of alkyl halides is 1. The van der Waals surface area contributed by atoms with Crippen LogP contribution < -0.4 is 0 Å². The quantitative estimate of drug-likeness (QED) is 0.788. The second-order valence-corrected chi connectivity index (χ2v) is 5.25. The van der Waals surface area contributed by atoms with Crippen molar-refractivity contribution in [3.05, 3.63) is 42.0 Å². The molecule has 0 N–H and O–H groups in total. The fourth-order valence-electron chi connectivity index (χ4n) is 1.85. The zero-order valence-electron chi connectivity index (χ0n) is 11.0. The molecular formula is C14H18ClN3.